The van der Waals surface area contributed by atoms with Gasteiger partial charge in [0, 0.05) is 33.7 Å². The van der Waals surface area contributed by atoms with Crippen LogP contribution in [0.15, 0.2) is 60.0 Å². The van der Waals surface area contributed by atoms with Crippen molar-refractivity contribution >= 4 is 29.2 Å². The summed E-state index contributed by atoms with van der Waals surface area (Å²) in [5.41, 5.74) is 2.28. The number of carboxylic acids is 1. The molecule has 2 aromatic carbocycles. The van der Waals surface area contributed by atoms with Crippen LogP contribution in [0.25, 0.3) is 16.5 Å². The number of nitrogens with zero attached hydrogens (tertiary/aromatic N) is 1. The summed E-state index contributed by atoms with van der Waals surface area (Å²) in [6.07, 6.45) is 6.58. The fourth-order valence-corrected chi connectivity index (χ4v) is 5.06. The largest absolute Gasteiger partial charge is 0.496 e. The van der Waals surface area contributed by atoms with E-state index in [1.165, 1.54) is 43.2 Å². The van der Waals surface area contributed by atoms with Crippen LogP contribution in [0.2, 0.25) is 0 Å². The lowest BCUT2D eigenvalue weighted by Gasteiger charge is -2.20. The fourth-order valence-electron chi connectivity index (χ4n) is 4.31. The monoisotopic (exact) mass is 491 g/mol. The Kier molecular flexibility index (Phi) is 8.00. The van der Waals surface area contributed by atoms with Gasteiger partial charge in [-0.25, -0.2) is 4.79 Å². The Morgan fingerprint density at radius 2 is 1.91 bits per heavy atom. The molecule has 3 aromatic rings. The standard InChI is InChI=1S/C28H29NO5S/c1-29-14-3-5-22(29)13-15-34-25-18-26(33-2)23(27-6-4-16-35-27)17-21(25)11-12-24(30)19-7-9-20(10-8-19)28(31)32/h4,6-12,16-18,22H,3,5,13-15H2,1-2H3,(H,31,32). The molecule has 6 nitrogen and oxygen atoms in total. The zero-order chi connectivity index (χ0) is 24.8. The number of ether oxygens (including phenoxy) is 2. The minimum atomic E-state index is -1.02. The normalized spacial score (nSPS) is 16.0. The molecular weight excluding hydrogens is 462 g/mol. The average Bonchev–Trinajstić information content (AvgIpc) is 3.55. The Balaban J connectivity index is 1.59. The van der Waals surface area contributed by atoms with Gasteiger partial charge < -0.3 is 19.5 Å². The van der Waals surface area contributed by atoms with Gasteiger partial charge in [-0.1, -0.05) is 18.2 Å². The molecule has 0 saturated carbocycles. The summed E-state index contributed by atoms with van der Waals surface area (Å²) in [6, 6.07) is 14.3. The number of hydrogen-bond donors (Lipinski definition) is 1. The molecule has 1 N–H and O–H groups in total. The highest BCUT2D eigenvalue weighted by Gasteiger charge is 2.21. The highest BCUT2D eigenvalue weighted by atomic mass is 32.1. The summed E-state index contributed by atoms with van der Waals surface area (Å²) >= 11 is 1.61. The number of thiophene rings is 1. The summed E-state index contributed by atoms with van der Waals surface area (Å²) in [7, 11) is 3.79. The predicted molar refractivity (Wildman–Crippen MR) is 139 cm³/mol. The van der Waals surface area contributed by atoms with Crippen LogP contribution in [0, 0.1) is 0 Å². The molecule has 182 valence electrons. The van der Waals surface area contributed by atoms with Crippen molar-refractivity contribution in [3.8, 4) is 21.9 Å². The number of allylic oxidation sites excluding steroid dienone is 1. The van der Waals surface area contributed by atoms with Gasteiger partial charge in [0.05, 0.1) is 19.3 Å². The molecule has 35 heavy (non-hydrogen) atoms. The number of carbonyl (C=O) groups excluding carboxylic acids is 1. The summed E-state index contributed by atoms with van der Waals surface area (Å²) in [5, 5.41) is 11.1. The first-order valence-electron chi connectivity index (χ1n) is 11.6. The molecule has 1 aromatic heterocycles. The first-order valence-corrected chi connectivity index (χ1v) is 12.5. The van der Waals surface area contributed by atoms with Crippen LogP contribution in [-0.4, -0.2) is 55.1 Å². The Bertz CT molecular complexity index is 1200. The number of aromatic carboxylic acids is 1. The van der Waals surface area contributed by atoms with E-state index in [0.29, 0.717) is 29.7 Å². The molecule has 1 fully saturated rings. The summed E-state index contributed by atoms with van der Waals surface area (Å²) in [6.45, 7) is 1.69. The molecule has 1 unspecified atom stereocenters. The third kappa shape index (κ3) is 5.99. The van der Waals surface area contributed by atoms with E-state index in [1.54, 1.807) is 24.5 Å². The molecule has 2 heterocycles. The molecule has 1 saturated heterocycles. The van der Waals surface area contributed by atoms with Gasteiger partial charge in [-0.3, -0.25) is 4.79 Å². The lowest BCUT2D eigenvalue weighted by atomic mass is 10.0. The molecule has 4 rings (SSSR count). The number of benzene rings is 2. The van der Waals surface area contributed by atoms with Crippen LogP contribution in [0.3, 0.4) is 0 Å². The SMILES string of the molecule is COc1cc(OCCC2CCCN2C)c(C=CC(=O)c2ccc(C(=O)O)cc2)cc1-c1cccs1. The predicted octanol–water partition coefficient (Wildman–Crippen LogP) is 5.88. The van der Waals surface area contributed by atoms with Crippen molar-refractivity contribution in [2.45, 2.75) is 25.3 Å². The summed E-state index contributed by atoms with van der Waals surface area (Å²) < 4.78 is 11.9. The van der Waals surface area contributed by atoms with Crippen LogP contribution in [0.1, 0.15) is 45.5 Å². The van der Waals surface area contributed by atoms with Crippen molar-refractivity contribution in [2.24, 2.45) is 0 Å². The molecule has 1 aliphatic heterocycles. The molecule has 1 aliphatic rings. The van der Waals surface area contributed by atoms with Crippen molar-refractivity contribution in [1.82, 2.24) is 4.90 Å². The van der Waals surface area contributed by atoms with Gasteiger partial charge in [0.1, 0.15) is 11.5 Å². The maximum Gasteiger partial charge on any atom is 0.335 e. The first-order chi connectivity index (χ1) is 17.0. The van der Waals surface area contributed by atoms with Crippen molar-refractivity contribution in [3.05, 3.63) is 76.7 Å². The second-order valence-corrected chi connectivity index (χ2v) is 9.51. The van der Waals surface area contributed by atoms with E-state index >= 15 is 0 Å². The molecule has 0 spiro atoms. The maximum atomic E-state index is 12.8. The van der Waals surface area contributed by atoms with Gasteiger partial charge in [-0.2, -0.15) is 0 Å². The Hall–Kier alpha value is -3.42. The topological polar surface area (TPSA) is 76.1 Å². The molecular formula is C28H29NO5S. The van der Waals surface area contributed by atoms with E-state index < -0.39 is 5.97 Å². The average molecular weight is 492 g/mol. The highest BCUT2D eigenvalue weighted by Crippen LogP contribution is 2.39. The second kappa shape index (κ2) is 11.3. The third-order valence-corrected chi connectivity index (χ3v) is 7.23. The minimum Gasteiger partial charge on any atom is -0.496 e. The van der Waals surface area contributed by atoms with E-state index in [2.05, 4.69) is 11.9 Å². The van der Waals surface area contributed by atoms with Gasteiger partial charge in [-0.15, -0.1) is 11.3 Å². The molecule has 0 radical (unpaired) electrons. The van der Waals surface area contributed by atoms with Crippen molar-refractivity contribution in [1.29, 1.82) is 0 Å². The van der Waals surface area contributed by atoms with Crippen LogP contribution < -0.4 is 9.47 Å². The highest BCUT2D eigenvalue weighted by molar-refractivity contribution is 7.13. The second-order valence-electron chi connectivity index (χ2n) is 8.56. The maximum absolute atomic E-state index is 12.8. The van der Waals surface area contributed by atoms with E-state index in [9.17, 15) is 9.59 Å². The molecule has 1 atom stereocenters. The number of ketones is 1. The molecule has 0 aliphatic carbocycles. The van der Waals surface area contributed by atoms with E-state index in [1.807, 2.05) is 29.6 Å². The lowest BCUT2D eigenvalue weighted by Crippen LogP contribution is -2.26. The summed E-state index contributed by atoms with van der Waals surface area (Å²) in [5.74, 6) is 0.139. The Morgan fingerprint density at radius 1 is 1.14 bits per heavy atom. The number of hydrogen-bond acceptors (Lipinski definition) is 6. The minimum absolute atomic E-state index is 0.143. The van der Waals surface area contributed by atoms with E-state index in [0.717, 1.165) is 29.0 Å². The third-order valence-electron chi connectivity index (χ3n) is 6.33. The lowest BCUT2D eigenvalue weighted by molar-refractivity contribution is 0.0696. The van der Waals surface area contributed by atoms with Crippen LogP contribution >= 0.6 is 11.3 Å². The zero-order valence-electron chi connectivity index (χ0n) is 19.9. The van der Waals surface area contributed by atoms with Crippen molar-refractivity contribution in [2.75, 3.05) is 27.3 Å². The number of methoxy groups -OCH3 is 1. The van der Waals surface area contributed by atoms with E-state index in [4.69, 9.17) is 14.6 Å². The van der Waals surface area contributed by atoms with Gasteiger partial charge in [0.2, 0.25) is 0 Å². The van der Waals surface area contributed by atoms with Crippen LogP contribution in [0.5, 0.6) is 11.5 Å². The van der Waals surface area contributed by atoms with Crippen molar-refractivity contribution < 1.29 is 24.2 Å². The fraction of sp³-hybridized carbons (Fsp3) is 0.286. The number of carboxylic acid groups (broad SMARTS) is 1. The van der Waals surface area contributed by atoms with Gasteiger partial charge in [0.25, 0.3) is 0 Å². The Morgan fingerprint density at radius 3 is 2.54 bits per heavy atom. The molecule has 0 bridgehead atoms. The first kappa shape index (κ1) is 24.7. The number of carbonyl (C=O) groups is 2. The van der Waals surface area contributed by atoms with Gasteiger partial charge in [0.15, 0.2) is 5.78 Å². The molecule has 0 amide bonds. The van der Waals surface area contributed by atoms with Gasteiger partial charge >= 0.3 is 5.97 Å². The smallest absolute Gasteiger partial charge is 0.335 e. The molecule has 7 heteroatoms. The van der Waals surface area contributed by atoms with E-state index in [-0.39, 0.29) is 11.3 Å². The quantitative estimate of drug-likeness (QED) is 0.282. The van der Waals surface area contributed by atoms with Crippen LogP contribution in [-0.2, 0) is 0 Å². The van der Waals surface area contributed by atoms with Crippen LogP contribution in [0.4, 0.5) is 0 Å². The number of rotatable bonds is 10. The zero-order valence-corrected chi connectivity index (χ0v) is 20.7. The number of likely N-dealkylation sites (tertiary alicyclic amines) is 1. The van der Waals surface area contributed by atoms with Gasteiger partial charge in [-0.05, 0) is 74.7 Å². The van der Waals surface area contributed by atoms with Crippen molar-refractivity contribution in [3.63, 3.8) is 0 Å². The Labute approximate surface area is 209 Å². The summed E-state index contributed by atoms with van der Waals surface area (Å²) in [4.78, 5) is 27.3.